The van der Waals surface area contributed by atoms with Crippen molar-refractivity contribution in [3.05, 3.63) is 34.8 Å². The largest absolute Gasteiger partial charge is 0.760 e. The number of esters is 1. The van der Waals surface area contributed by atoms with E-state index in [4.69, 9.17) is 20.8 Å². The molecule has 2 aromatic rings. The third-order valence-electron chi connectivity index (χ3n) is 3.20. The minimum atomic E-state index is -2.44. The van der Waals surface area contributed by atoms with Crippen LogP contribution in [0.25, 0.3) is 11.3 Å². The maximum absolute atomic E-state index is 14.2. The van der Waals surface area contributed by atoms with Crippen LogP contribution in [-0.2, 0) is 16.1 Å². The van der Waals surface area contributed by atoms with Gasteiger partial charge in [0.05, 0.1) is 15.4 Å². The third kappa shape index (κ3) is 4.83. The number of nitrogens with one attached hydrogen (secondary N) is 1. The van der Waals surface area contributed by atoms with Gasteiger partial charge in [-0.2, -0.15) is 0 Å². The van der Waals surface area contributed by atoms with Crippen LogP contribution < -0.4 is 9.46 Å². The van der Waals surface area contributed by atoms with Crippen molar-refractivity contribution in [1.82, 2.24) is 4.72 Å². The molecule has 26 heavy (non-hydrogen) atoms. The van der Waals surface area contributed by atoms with Gasteiger partial charge in [0.25, 0.3) is 0 Å². The fourth-order valence-corrected chi connectivity index (χ4v) is 3.22. The van der Waals surface area contributed by atoms with Crippen molar-refractivity contribution in [1.29, 1.82) is 0 Å². The molecule has 1 heterocycles. The second kappa shape index (κ2) is 8.96. The third-order valence-corrected chi connectivity index (χ3v) is 4.83. The lowest BCUT2D eigenvalue weighted by Gasteiger charge is -2.11. The lowest BCUT2D eigenvalue weighted by atomic mass is 10.1. The zero-order chi connectivity index (χ0) is 19.4. The van der Waals surface area contributed by atoms with Gasteiger partial charge in [-0.1, -0.05) is 33.6 Å². The highest BCUT2D eigenvalue weighted by Gasteiger charge is 2.30. The van der Waals surface area contributed by atoms with Gasteiger partial charge >= 0.3 is 5.97 Å². The number of benzene rings is 1. The van der Waals surface area contributed by atoms with Crippen LogP contribution in [0.1, 0.15) is 23.9 Å². The predicted molar refractivity (Wildman–Crippen MR) is 95.3 cm³/mol. The first-order valence-electron chi connectivity index (χ1n) is 7.17. The van der Waals surface area contributed by atoms with Crippen LogP contribution in [0.15, 0.2) is 22.6 Å². The van der Waals surface area contributed by atoms with Gasteiger partial charge in [-0.15, -0.1) is 0 Å². The van der Waals surface area contributed by atoms with E-state index in [1.54, 1.807) is 0 Å². The van der Waals surface area contributed by atoms with Gasteiger partial charge < -0.3 is 18.8 Å². The number of carbonyl (C=O) groups excluding carboxylic acids is 1. The molecular weight excluding hydrogens is 457 g/mol. The molecule has 0 saturated heterocycles. The Hall–Kier alpha value is -1.46. The minimum absolute atomic E-state index is 0.00880. The number of furan rings is 1. The monoisotopic (exact) mass is 468 g/mol. The van der Waals surface area contributed by atoms with Gasteiger partial charge in [-0.05, 0) is 18.6 Å². The number of hydrogen-bond donors (Lipinski definition) is 2. The molecule has 7 nitrogen and oxygen atoms in total. The zero-order valence-electron chi connectivity index (χ0n) is 13.3. The summed E-state index contributed by atoms with van der Waals surface area (Å²) in [5.41, 5.74) is -0.190. The number of halogens is 3. The smallest absolute Gasteiger partial charge is 0.308 e. The second-order valence-corrected chi connectivity index (χ2v) is 7.32. The summed E-state index contributed by atoms with van der Waals surface area (Å²) in [6.45, 7) is 1.17. The normalized spacial score (nSPS) is 13.4. The van der Waals surface area contributed by atoms with Gasteiger partial charge in [0.1, 0.15) is 5.82 Å². The second-order valence-electron chi connectivity index (χ2n) is 5.05. The highest BCUT2D eigenvalue weighted by atomic mass is 79.9. The molecule has 2 N–H and O–H groups in total. The van der Waals surface area contributed by atoms with Crippen LogP contribution in [0.3, 0.4) is 0 Å². The number of rotatable bonds is 7. The van der Waals surface area contributed by atoms with E-state index >= 15 is 0 Å². The van der Waals surface area contributed by atoms with E-state index in [1.165, 1.54) is 12.1 Å². The van der Waals surface area contributed by atoms with Crippen molar-refractivity contribution in [2.75, 3.05) is 6.54 Å². The number of ether oxygens (including phenoxy) is 1. The summed E-state index contributed by atoms with van der Waals surface area (Å²) < 4.78 is 47.9. The van der Waals surface area contributed by atoms with Gasteiger partial charge in [0, 0.05) is 24.7 Å². The van der Waals surface area contributed by atoms with Crippen LogP contribution in [0.2, 0.25) is 5.02 Å². The maximum atomic E-state index is 14.2. The van der Waals surface area contributed by atoms with Crippen LogP contribution in [0.5, 0.6) is 11.5 Å². The van der Waals surface area contributed by atoms with Crippen LogP contribution in [-0.4, -0.2) is 26.4 Å². The first kappa shape index (κ1) is 20.8. The van der Waals surface area contributed by atoms with Crippen LogP contribution in [0, 0.1) is 5.82 Å². The van der Waals surface area contributed by atoms with Gasteiger partial charge in [-0.25, -0.2) is 9.11 Å². The van der Waals surface area contributed by atoms with Gasteiger partial charge in [-0.3, -0.25) is 9.00 Å². The number of hydrogen-bond acceptors (Lipinski definition) is 6. The van der Waals surface area contributed by atoms with E-state index in [-0.39, 0.29) is 40.8 Å². The van der Waals surface area contributed by atoms with Crippen molar-refractivity contribution in [3.63, 3.8) is 0 Å². The molecule has 0 bridgehead atoms. The summed E-state index contributed by atoms with van der Waals surface area (Å²) in [5, 5.41) is 10.4. The first-order valence-corrected chi connectivity index (χ1v) is 9.54. The Morgan fingerprint density at radius 1 is 1.58 bits per heavy atom. The SMILES string of the molecule is CC(=O)Oc1c(C(Br)CCNS(=O)[O-])oc(-c2c(F)cccc2Cl)c1O. The van der Waals surface area contributed by atoms with Crippen molar-refractivity contribution >= 4 is 44.8 Å². The summed E-state index contributed by atoms with van der Waals surface area (Å²) in [7, 11) is 0. The van der Waals surface area contributed by atoms with E-state index < -0.39 is 33.6 Å². The highest BCUT2D eigenvalue weighted by molar-refractivity contribution is 9.09. The molecule has 2 atom stereocenters. The average molecular weight is 470 g/mol. The van der Waals surface area contributed by atoms with Crippen molar-refractivity contribution in [3.8, 4) is 22.8 Å². The molecule has 1 aromatic carbocycles. The highest BCUT2D eigenvalue weighted by Crippen LogP contribution is 2.49. The Morgan fingerprint density at radius 3 is 2.85 bits per heavy atom. The fraction of sp³-hybridized carbons (Fsp3) is 0.267. The number of alkyl halides is 1. The van der Waals surface area contributed by atoms with Gasteiger partial charge in [0.15, 0.2) is 11.5 Å². The van der Waals surface area contributed by atoms with E-state index in [0.29, 0.717) is 0 Å². The molecule has 0 aliphatic heterocycles. The summed E-state index contributed by atoms with van der Waals surface area (Å²) in [6.07, 6.45) is 0.194. The average Bonchev–Trinajstić information content (AvgIpc) is 2.84. The van der Waals surface area contributed by atoms with Crippen molar-refractivity contribution < 1.29 is 32.2 Å². The molecule has 0 fully saturated rings. The molecule has 0 amide bonds. The predicted octanol–water partition coefficient (Wildman–Crippen LogP) is 3.58. The van der Waals surface area contributed by atoms with Crippen molar-refractivity contribution in [2.24, 2.45) is 0 Å². The number of aromatic hydroxyl groups is 1. The quantitative estimate of drug-likeness (QED) is 0.364. The summed E-state index contributed by atoms with van der Waals surface area (Å²) in [4.78, 5) is 10.7. The molecule has 0 aliphatic carbocycles. The van der Waals surface area contributed by atoms with E-state index in [9.17, 15) is 23.1 Å². The Bertz CT molecular complexity index is 826. The van der Waals surface area contributed by atoms with E-state index in [0.717, 1.165) is 13.0 Å². The molecule has 0 spiro atoms. The maximum Gasteiger partial charge on any atom is 0.308 e. The van der Waals surface area contributed by atoms with Crippen LogP contribution >= 0.6 is 27.5 Å². The zero-order valence-corrected chi connectivity index (χ0v) is 16.4. The van der Waals surface area contributed by atoms with E-state index in [2.05, 4.69) is 20.7 Å². The molecule has 0 saturated carbocycles. The number of carbonyl (C=O) groups is 1. The minimum Gasteiger partial charge on any atom is -0.760 e. The van der Waals surface area contributed by atoms with Gasteiger partial charge in [0.2, 0.25) is 11.5 Å². The topological polar surface area (TPSA) is 112 Å². The van der Waals surface area contributed by atoms with E-state index in [1.807, 2.05) is 0 Å². The molecule has 2 rings (SSSR count). The Kier molecular flexibility index (Phi) is 7.18. The Balaban J connectivity index is 2.47. The molecular formula is C15H13BrClFNO6S-. The Labute approximate surface area is 164 Å². The summed E-state index contributed by atoms with van der Waals surface area (Å²) in [6, 6.07) is 3.93. The molecule has 11 heteroatoms. The lowest BCUT2D eigenvalue weighted by Crippen LogP contribution is -2.18. The fourth-order valence-electron chi connectivity index (χ4n) is 2.16. The molecule has 142 valence electrons. The molecule has 0 radical (unpaired) electrons. The van der Waals surface area contributed by atoms with Crippen LogP contribution in [0.4, 0.5) is 4.39 Å². The lowest BCUT2D eigenvalue weighted by molar-refractivity contribution is -0.132. The standard InChI is InChI=1S/C15H14BrClFNO6S/c1-7(20)24-15-12(21)14(11-9(17)3-2-4-10(11)18)25-13(15)8(16)5-6-19-26(22)23/h2-4,8,19,21H,5-6H2,1H3,(H,22,23)/p-1. The van der Waals surface area contributed by atoms with Crippen molar-refractivity contribution in [2.45, 2.75) is 18.2 Å². The Morgan fingerprint density at radius 2 is 2.27 bits per heavy atom. The molecule has 0 aliphatic rings. The molecule has 1 aromatic heterocycles. The summed E-state index contributed by atoms with van der Waals surface area (Å²) in [5.74, 6) is -2.66. The molecule has 2 unspecified atom stereocenters. The summed E-state index contributed by atoms with van der Waals surface area (Å²) >= 11 is 6.82. The first-order chi connectivity index (χ1) is 12.2.